The number of carbonyl (C=O) groups excluding carboxylic acids is 1. The summed E-state index contributed by atoms with van der Waals surface area (Å²) in [5.74, 6) is 0.880. The molecule has 142 valence electrons. The molecule has 0 bridgehead atoms. The first-order valence-electron chi connectivity index (χ1n) is 9.29. The monoisotopic (exact) mass is 404 g/mol. The van der Waals surface area contributed by atoms with Crippen LogP contribution in [0.4, 0.5) is 5.82 Å². The van der Waals surface area contributed by atoms with Gasteiger partial charge in [-0.2, -0.15) is 5.10 Å². The van der Waals surface area contributed by atoms with Gasteiger partial charge in [-0.1, -0.05) is 42.3 Å². The number of hydrogen-bond donors (Lipinski definition) is 1. The SMILES string of the molecule is CC[C@@H]1CCCN1C(=O)C1=C(C)Nc2ccnn2C1c1cccc(Cl)c1Cl. The smallest absolute Gasteiger partial charge is 0.254 e. The summed E-state index contributed by atoms with van der Waals surface area (Å²) in [6.07, 6.45) is 4.78. The fourth-order valence-electron chi connectivity index (χ4n) is 4.18. The van der Waals surface area contributed by atoms with Gasteiger partial charge in [0.2, 0.25) is 0 Å². The van der Waals surface area contributed by atoms with E-state index in [1.54, 1.807) is 12.3 Å². The minimum Gasteiger partial charge on any atom is -0.344 e. The van der Waals surface area contributed by atoms with Gasteiger partial charge in [0.25, 0.3) is 5.91 Å². The molecular weight excluding hydrogens is 383 g/mol. The van der Waals surface area contributed by atoms with E-state index < -0.39 is 6.04 Å². The molecule has 1 saturated heterocycles. The van der Waals surface area contributed by atoms with Gasteiger partial charge < -0.3 is 10.2 Å². The van der Waals surface area contributed by atoms with Crippen LogP contribution >= 0.6 is 23.2 Å². The van der Waals surface area contributed by atoms with Gasteiger partial charge in [0.1, 0.15) is 11.9 Å². The van der Waals surface area contributed by atoms with Crippen LogP contribution in [-0.4, -0.2) is 33.2 Å². The number of halogens is 2. The molecule has 7 heteroatoms. The van der Waals surface area contributed by atoms with Crippen molar-refractivity contribution in [3.8, 4) is 0 Å². The summed E-state index contributed by atoms with van der Waals surface area (Å²) in [7, 11) is 0. The van der Waals surface area contributed by atoms with Crippen LogP contribution in [0.5, 0.6) is 0 Å². The minimum atomic E-state index is -0.409. The molecule has 2 aliphatic rings. The topological polar surface area (TPSA) is 50.2 Å². The molecule has 1 amide bonds. The van der Waals surface area contributed by atoms with Gasteiger partial charge in [0.05, 0.1) is 21.8 Å². The first-order chi connectivity index (χ1) is 13.0. The molecule has 1 aromatic heterocycles. The van der Waals surface area contributed by atoms with E-state index in [-0.39, 0.29) is 11.9 Å². The van der Waals surface area contributed by atoms with Crippen molar-refractivity contribution in [2.45, 2.75) is 45.2 Å². The fourth-order valence-corrected chi connectivity index (χ4v) is 4.60. The maximum atomic E-state index is 13.6. The molecule has 2 aromatic rings. The predicted octanol–water partition coefficient (Wildman–Crippen LogP) is 4.88. The van der Waals surface area contributed by atoms with E-state index in [4.69, 9.17) is 23.2 Å². The molecule has 2 aliphatic heterocycles. The molecule has 2 atom stereocenters. The molecule has 4 rings (SSSR count). The van der Waals surface area contributed by atoms with Crippen molar-refractivity contribution in [1.29, 1.82) is 0 Å². The Morgan fingerprint density at radius 2 is 2.15 bits per heavy atom. The number of benzene rings is 1. The Kier molecular flexibility index (Phi) is 4.91. The van der Waals surface area contributed by atoms with E-state index in [9.17, 15) is 4.79 Å². The largest absolute Gasteiger partial charge is 0.344 e. The van der Waals surface area contributed by atoms with Crippen LogP contribution in [0.15, 0.2) is 41.7 Å². The lowest BCUT2D eigenvalue weighted by Crippen LogP contribution is -2.40. The Hall–Kier alpha value is -1.98. The number of amides is 1. The van der Waals surface area contributed by atoms with E-state index >= 15 is 0 Å². The first-order valence-corrected chi connectivity index (χ1v) is 10.0. The zero-order valence-corrected chi connectivity index (χ0v) is 16.9. The second-order valence-corrected chi connectivity index (χ2v) is 7.86. The average molecular weight is 405 g/mol. The Morgan fingerprint density at radius 1 is 1.33 bits per heavy atom. The molecule has 1 fully saturated rings. The third kappa shape index (κ3) is 3.03. The van der Waals surface area contributed by atoms with Crippen LogP contribution in [0, 0.1) is 0 Å². The lowest BCUT2D eigenvalue weighted by Gasteiger charge is -2.34. The van der Waals surface area contributed by atoms with E-state index in [0.29, 0.717) is 15.6 Å². The van der Waals surface area contributed by atoms with Gasteiger partial charge in [-0.3, -0.25) is 4.79 Å². The lowest BCUT2D eigenvalue weighted by atomic mass is 9.94. The van der Waals surface area contributed by atoms with Crippen LogP contribution in [0.1, 0.15) is 44.7 Å². The van der Waals surface area contributed by atoms with Crippen molar-refractivity contribution in [2.24, 2.45) is 0 Å². The van der Waals surface area contributed by atoms with Gasteiger partial charge in [-0.15, -0.1) is 0 Å². The average Bonchev–Trinajstić information content (AvgIpc) is 3.31. The zero-order valence-electron chi connectivity index (χ0n) is 15.4. The maximum absolute atomic E-state index is 13.6. The summed E-state index contributed by atoms with van der Waals surface area (Å²) >= 11 is 12.8. The predicted molar refractivity (Wildman–Crippen MR) is 108 cm³/mol. The summed E-state index contributed by atoms with van der Waals surface area (Å²) in [6.45, 7) is 4.86. The molecule has 0 saturated carbocycles. The number of rotatable bonds is 3. The highest BCUT2D eigenvalue weighted by molar-refractivity contribution is 6.42. The third-order valence-electron chi connectivity index (χ3n) is 5.52. The summed E-state index contributed by atoms with van der Waals surface area (Å²) in [5, 5.41) is 8.71. The van der Waals surface area contributed by atoms with Crippen LogP contribution in [0.25, 0.3) is 0 Å². The maximum Gasteiger partial charge on any atom is 0.254 e. The van der Waals surface area contributed by atoms with Crippen molar-refractivity contribution in [3.05, 3.63) is 57.3 Å². The van der Waals surface area contributed by atoms with Gasteiger partial charge in [-0.05, 0) is 32.3 Å². The number of hydrogen-bond acceptors (Lipinski definition) is 3. The quantitative estimate of drug-likeness (QED) is 0.792. The van der Waals surface area contributed by atoms with Crippen molar-refractivity contribution >= 4 is 34.9 Å². The molecule has 5 nitrogen and oxygen atoms in total. The van der Waals surface area contributed by atoms with Crippen molar-refractivity contribution < 1.29 is 4.79 Å². The number of carbonyl (C=O) groups is 1. The van der Waals surface area contributed by atoms with E-state index in [1.807, 2.05) is 34.7 Å². The van der Waals surface area contributed by atoms with Crippen LogP contribution in [0.2, 0.25) is 10.0 Å². The highest BCUT2D eigenvalue weighted by atomic mass is 35.5. The second kappa shape index (κ2) is 7.21. The summed E-state index contributed by atoms with van der Waals surface area (Å²) in [6, 6.07) is 7.29. The van der Waals surface area contributed by atoms with Crippen molar-refractivity contribution in [3.63, 3.8) is 0 Å². The summed E-state index contributed by atoms with van der Waals surface area (Å²) in [5.41, 5.74) is 2.29. The Morgan fingerprint density at radius 3 is 2.93 bits per heavy atom. The Bertz CT molecular complexity index is 920. The van der Waals surface area contributed by atoms with Gasteiger partial charge in [0, 0.05) is 29.9 Å². The summed E-state index contributed by atoms with van der Waals surface area (Å²) < 4.78 is 1.81. The zero-order chi connectivity index (χ0) is 19.1. The van der Waals surface area contributed by atoms with Crippen LogP contribution in [-0.2, 0) is 4.79 Å². The molecule has 3 heterocycles. The molecular formula is C20H22Cl2N4O. The molecule has 1 aromatic carbocycles. The van der Waals surface area contributed by atoms with E-state index in [1.165, 1.54) is 0 Å². The van der Waals surface area contributed by atoms with Gasteiger partial charge >= 0.3 is 0 Å². The van der Waals surface area contributed by atoms with E-state index in [0.717, 1.165) is 42.9 Å². The molecule has 0 aliphatic carbocycles. The summed E-state index contributed by atoms with van der Waals surface area (Å²) in [4.78, 5) is 15.6. The first kappa shape index (κ1) is 18.4. The molecule has 0 radical (unpaired) electrons. The minimum absolute atomic E-state index is 0.0477. The van der Waals surface area contributed by atoms with E-state index in [2.05, 4.69) is 17.3 Å². The van der Waals surface area contributed by atoms with Gasteiger partial charge in [-0.25, -0.2) is 4.68 Å². The van der Waals surface area contributed by atoms with Crippen molar-refractivity contribution in [1.82, 2.24) is 14.7 Å². The number of nitrogens with one attached hydrogen (secondary N) is 1. The van der Waals surface area contributed by atoms with Crippen molar-refractivity contribution in [2.75, 3.05) is 11.9 Å². The van der Waals surface area contributed by atoms with Crippen LogP contribution in [0.3, 0.4) is 0 Å². The fraction of sp³-hybridized carbons (Fsp3) is 0.400. The molecule has 1 N–H and O–H groups in total. The second-order valence-electron chi connectivity index (χ2n) is 7.07. The number of fused-ring (bicyclic) bond motifs is 1. The normalized spacial score (nSPS) is 22.0. The number of anilines is 1. The molecule has 0 spiro atoms. The highest BCUT2D eigenvalue weighted by Crippen LogP contribution is 2.41. The Balaban J connectivity index is 1.85. The Labute approximate surface area is 168 Å². The molecule has 27 heavy (non-hydrogen) atoms. The van der Waals surface area contributed by atoms with Crippen LogP contribution < -0.4 is 5.32 Å². The number of nitrogens with zero attached hydrogens (tertiary/aromatic N) is 3. The van der Waals surface area contributed by atoms with Gasteiger partial charge in [0.15, 0.2) is 0 Å². The third-order valence-corrected chi connectivity index (χ3v) is 6.36. The highest BCUT2D eigenvalue weighted by Gasteiger charge is 2.38. The lowest BCUT2D eigenvalue weighted by molar-refractivity contribution is -0.128. The number of allylic oxidation sites excluding steroid dienone is 1. The number of aromatic nitrogens is 2. The molecule has 1 unspecified atom stereocenters. The number of likely N-dealkylation sites (tertiary alicyclic amines) is 1. The standard InChI is InChI=1S/C20H22Cl2N4O/c1-3-13-6-5-11-25(13)20(27)17-12(2)24-16-9-10-23-26(16)19(17)14-7-4-8-15(21)18(14)22/h4,7-10,13,19,24H,3,5-6,11H2,1-2H3/t13-,19?/m1/s1.